The summed E-state index contributed by atoms with van der Waals surface area (Å²) in [6.45, 7) is 0. The topological polar surface area (TPSA) is 51.6 Å². The molecule has 0 aliphatic heterocycles. The second-order valence-electron chi connectivity index (χ2n) is 13.7. The van der Waals surface area contributed by atoms with Crippen molar-refractivity contribution in [2.24, 2.45) is 0 Å². The van der Waals surface area contributed by atoms with Gasteiger partial charge in [-0.1, -0.05) is 176 Å². The molecule has 2 aromatic heterocycles. The number of aromatic nitrogens is 4. The SMILES string of the molecule is c1ccc(-c2nc(-c3ccccc3)nc(-c3cccc4c3-c3ccccc3C43c4ccccc4-c4c(-c5ccccc5)nc5ccccc5c43)n2)cc1. The van der Waals surface area contributed by atoms with E-state index in [9.17, 15) is 0 Å². The fourth-order valence-corrected chi connectivity index (χ4v) is 8.83. The third-order valence-electron chi connectivity index (χ3n) is 10.9. The van der Waals surface area contributed by atoms with Crippen molar-refractivity contribution in [3.8, 4) is 67.7 Å². The van der Waals surface area contributed by atoms with E-state index in [-0.39, 0.29) is 0 Å². The van der Waals surface area contributed by atoms with E-state index in [1.54, 1.807) is 0 Å². The van der Waals surface area contributed by atoms with Gasteiger partial charge in [-0.2, -0.15) is 0 Å². The van der Waals surface area contributed by atoms with Crippen molar-refractivity contribution < 1.29 is 0 Å². The monoisotopic (exact) mass is 674 g/mol. The lowest BCUT2D eigenvalue weighted by Gasteiger charge is -2.31. The minimum Gasteiger partial charge on any atom is -0.247 e. The zero-order chi connectivity index (χ0) is 34.9. The van der Waals surface area contributed by atoms with Crippen LogP contribution in [0.1, 0.15) is 22.3 Å². The molecule has 4 heteroatoms. The lowest BCUT2D eigenvalue weighted by atomic mass is 9.69. The van der Waals surface area contributed by atoms with Crippen LogP contribution in [0, 0.1) is 0 Å². The number of nitrogens with zero attached hydrogens (tertiary/aromatic N) is 4. The van der Waals surface area contributed by atoms with Gasteiger partial charge in [-0.05, 0) is 45.0 Å². The van der Waals surface area contributed by atoms with Crippen LogP contribution in [0.3, 0.4) is 0 Å². The first-order valence-corrected chi connectivity index (χ1v) is 18.0. The van der Waals surface area contributed by atoms with Crippen molar-refractivity contribution in [1.29, 1.82) is 0 Å². The molecule has 2 heterocycles. The van der Waals surface area contributed by atoms with Crippen molar-refractivity contribution in [2.45, 2.75) is 5.41 Å². The normalized spacial score (nSPS) is 14.9. The average molecular weight is 675 g/mol. The Morgan fingerprint density at radius 1 is 0.321 bits per heavy atom. The van der Waals surface area contributed by atoms with E-state index in [1.807, 2.05) is 36.4 Å². The lowest BCUT2D eigenvalue weighted by molar-refractivity contribution is 0.801. The van der Waals surface area contributed by atoms with Crippen LogP contribution in [0.25, 0.3) is 78.6 Å². The van der Waals surface area contributed by atoms with Gasteiger partial charge >= 0.3 is 0 Å². The van der Waals surface area contributed by atoms with Gasteiger partial charge < -0.3 is 0 Å². The number of para-hydroxylation sites is 1. The molecule has 2 aliphatic carbocycles. The summed E-state index contributed by atoms with van der Waals surface area (Å²) < 4.78 is 0. The molecule has 0 bridgehead atoms. The lowest BCUT2D eigenvalue weighted by Crippen LogP contribution is -2.26. The van der Waals surface area contributed by atoms with Crippen molar-refractivity contribution in [2.75, 3.05) is 0 Å². The standard InChI is InChI=1S/C49H30N4/c1-4-17-31(18-5-1)45-43-35-24-11-14-28-39(35)49(44(43)36-25-12-15-30-41(36)50-45)38-27-13-10-23-34(38)42-37(26-16-29-40(42)49)48-52-46(32-19-6-2-7-20-32)51-47(53-48)33-21-8-3-9-22-33/h1-30H. The van der Waals surface area contributed by atoms with Gasteiger partial charge in [-0.15, -0.1) is 0 Å². The van der Waals surface area contributed by atoms with Gasteiger partial charge in [0.1, 0.15) is 0 Å². The molecule has 0 saturated carbocycles. The van der Waals surface area contributed by atoms with Crippen LogP contribution in [-0.4, -0.2) is 19.9 Å². The first-order valence-electron chi connectivity index (χ1n) is 18.0. The van der Waals surface area contributed by atoms with Gasteiger partial charge in [0.05, 0.1) is 16.6 Å². The second kappa shape index (κ2) is 11.5. The number of rotatable bonds is 4. The Morgan fingerprint density at radius 2 is 0.792 bits per heavy atom. The Labute approximate surface area is 307 Å². The molecule has 1 atom stereocenters. The van der Waals surface area contributed by atoms with E-state index in [2.05, 4.69) is 146 Å². The summed E-state index contributed by atoms with van der Waals surface area (Å²) in [6, 6.07) is 64.2. The highest BCUT2D eigenvalue weighted by atomic mass is 15.0. The number of hydrogen-bond acceptors (Lipinski definition) is 4. The van der Waals surface area contributed by atoms with Crippen LogP contribution >= 0.6 is 0 Å². The Morgan fingerprint density at radius 3 is 1.43 bits per heavy atom. The molecule has 1 spiro atoms. The van der Waals surface area contributed by atoms with E-state index < -0.39 is 5.41 Å². The summed E-state index contributed by atoms with van der Waals surface area (Å²) in [5, 5.41) is 1.16. The Balaban J connectivity index is 1.27. The summed E-state index contributed by atoms with van der Waals surface area (Å²) in [4.78, 5) is 20.9. The summed E-state index contributed by atoms with van der Waals surface area (Å²) in [6.07, 6.45) is 0. The largest absolute Gasteiger partial charge is 0.247 e. The van der Waals surface area contributed by atoms with Gasteiger partial charge in [0.2, 0.25) is 0 Å². The van der Waals surface area contributed by atoms with Crippen LogP contribution in [-0.2, 0) is 5.41 Å². The third kappa shape index (κ3) is 4.24. The van der Waals surface area contributed by atoms with E-state index in [1.165, 1.54) is 38.9 Å². The predicted octanol–water partition coefficient (Wildman–Crippen LogP) is 11.4. The van der Waals surface area contributed by atoms with Gasteiger partial charge in [0.15, 0.2) is 17.5 Å². The summed E-state index contributed by atoms with van der Waals surface area (Å²) in [7, 11) is 0. The van der Waals surface area contributed by atoms with Crippen LogP contribution in [0.4, 0.5) is 0 Å². The van der Waals surface area contributed by atoms with Crippen molar-refractivity contribution >= 4 is 10.9 Å². The molecule has 7 aromatic carbocycles. The van der Waals surface area contributed by atoms with Gasteiger partial charge in [0, 0.05) is 33.2 Å². The highest BCUT2D eigenvalue weighted by molar-refractivity contribution is 6.07. The summed E-state index contributed by atoms with van der Waals surface area (Å²) in [5.74, 6) is 1.95. The molecule has 0 amide bonds. The van der Waals surface area contributed by atoms with Gasteiger partial charge in [-0.25, -0.2) is 19.9 Å². The van der Waals surface area contributed by atoms with Crippen LogP contribution < -0.4 is 0 Å². The maximum absolute atomic E-state index is 5.40. The first kappa shape index (κ1) is 29.7. The smallest absolute Gasteiger partial charge is 0.164 e. The van der Waals surface area contributed by atoms with Crippen molar-refractivity contribution in [3.63, 3.8) is 0 Å². The molecule has 4 nitrogen and oxygen atoms in total. The molecule has 0 radical (unpaired) electrons. The third-order valence-corrected chi connectivity index (χ3v) is 10.9. The highest BCUT2D eigenvalue weighted by Crippen LogP contribution is 2.66. The summed E-state index contributed by atoms with van der Waals surface area (Å²) >= 11 is 0. The number of hydrogen-bond donors (Lipinski definition) is 0. The Kier molecular flexibility index (Phi) is 6.43. The molecule has 53 heavy (non-hydrogen) atoms. The minimum atomic E-state index is -0.600. The maximum atomic E-state index is 5.40. The molecule has 246 valence electrons. The van der Waals surface area contributed by atoms with E-state index >= 15 is 0 Å². The number of fused-ring (bicyclic) bond motifs is 12. The predicted molar refractivity (Wildman–Crippen MR) is 213 cm³/mol. The Bertz CT molecular complexity index is 2830. The zero-order valence-electron chi connectivity index (χ0n) is 28.6. The van der Waals surface area contributed by atoms with Crippen molar-refractivity contribution in [1.82, 2.24) is 19.9 Å². The fourth-order valence-electron chi connectivity index (χ4n) is 8.83. The number of benzene rings is 7. The second-order valence-corrected chi connectivity index (χ2v) is 13.7. The molecular weight excluding hydrogens is 645 g/mol. The Hall–Kier alpha value is -7.04. The molecule has 1 unspecified atom stereocenters. The molecular formula is C49H30N4. The molecule has 9 aromatic rings. The number of pyridine rings is 1. The minimum absolute atomic E-state index is 0.600. The van der Waals surface area contributed by atoms with Crippen molar-refractivity contribution in [3.05, 3.63) is 204 Å². The molecule has 0 fully saturated rings. The van der Waals surface area contributed by atoms with Crippen LogP contribution in [0.2, 0.25) is 0 Å². The van der Waals surface area contributed by atoms with E-state index in [0.29, 0.717) is 17.5 Å². The quantitative estimate of drug-likeness (QED) is 0.186. The molecule has 0 N–H and O–H groups in total. The molecule has 0 saturated heterocycles. The molecule has 11 rings (SSSR count). The first-order chi connectivity index (χ1) is 26.3. The van der Waals surface area contributed by atoms with Gasteiger partial charge in [0.25, 0.3) is 0 Å². The van der Waals surface area contributed by atoms with Crippen LogP contribution in [0.5, 0.6) is 0 Å². The average Bonchev–Trinajstić information content (AvgIpc) is 3.72. The maximum Gasteiger partial charge on any atom is 0.164 e. The van der Waals surface area contributed by atoms with E-state index in [4.69, 9.17) is 19.9 Å². The molecule has 2 aliphatic rings. The summed E-state index contributed by atoms with van der Waals surface area (Å²) in [5.41, 5.74) is 15.1. The highest BCUT2D eigenvalue weighted by Gasteiger charge is 2.54. The zero-order valence-corrected chi connectivity index (χ0v) is 28.6. The van der Waals surface area contributed by atoms with Crippen LogP contribution in [0.15, 0.2) is 182 Å². The van der Waals surface area contributed by atoms with Gasteiger partial charge in [-0.3, -0.25) is 0 Å². The van der Waals surface area contributed by atoms with E-state index in [0.717, 1.165) is 44.4 Å². The fraction of sp³-hybridized carbons (Fsp3) is 0.0204.